The summed E-state index contributed by atoms with van der Waals surface area (Å²) in [6.07, 6.45) is 3.48. The highest BCUT2D eigenvalue weighted by Crippen LogP contribution is 2.37. The van der Waals surface area contributed by atoms with E-state index in [0.29, 0.717) is 17.2 Å². The molecule has 0 saturated heterocycles. The van der Waals surface area contributed by atoms with Crippen LogP contribution in [-0.4, -0.2) is 12.6 Å². The first-order chi connectivity index (χ1) is 9.70. The molecule has 0 unspecified atom stereocenters. The Kier molecular flexibility index (Phi) is 3.49. The summed E-state index contributed by atoms with van der Waals surface area (Å²) in [5.74, 6) is -0.295. The molecule has 4 heteroatoms. The fraction of sp³-hybridized carbons (Fsp3) is 0.312. The summed E-state index contributed by atoms with van der Waals surface area (Å²) in [6, 6.07) is 6.39. The number of rotatable bonds is 3. The Balaban J connectivity index is 2.05. The van der Waals surface area contributed by atoms with E-state index >= 15 is 0 Å². The van der Waals surface area contributed by atoms with Gasteiger partial charge in [-0.1, -0.05) is 18.2 Å². The van der Waals surface area contributed by atoms with Gasteiger partial charge in [0.2, 0.25) is 0 Å². The van der Waals surface area contributed by atoms with Crippen molar-refractivity contribution in [2.24, 2.45) is 0 Å². The van der Waals surface area contributed by atoms with E-state index in [1.807, 2.05) is 6.92 Å². The van der Waals surface area contributed by atoms with Crippen molar-refractivity contribution in [1.82, 2.24) is 0 Å². The number of ether oxygens (including phenoxy) is 1. The van der Waals surface area contributed by atoms with E-state index in [4.69, 9.17) is 10.5 Å². The molecular weight excluding hydrogens is 270 g/mol. The maximum absolute atomic E-state index is 12.0. The van der Waals surface area contributed by atoms with Crippen LogP contribution < -0.4 is 5.73 Å². The van der Waals surface area contributed by atoms with Gasteiger partial charge >= 0.3 is 5.97 Å². The molecular formula is C16H17NO2S. The van der Waals surface area contributed by atoms with E-state index in [-0.39, 0.29) is 5.97 Å². The molecule has 0 aliphatic heterocycles. The van der Waals surface area contributed by atoms with Crippen LogP contribution in [0.1, 0.15) is 34.8 Å². The largest absolute Gasteiger partial charge is 0.462 e. The van der Waals surface area contributed by atoms with Crippen LogP contribution in [0.25, 0.3) is 11.1 Å². The van der Waals surface area contributed by atoms with Gasteiger partial charge in [-0.25, -0.2) is 4.79 Å². The molecule has 2 N–H and O–H groups in total. The third-order valence-corrected chi connectivity index (χ3v) is 4.51. The average Bonchev–Trinajstić information content (AvgIpc) is 3.04. The molecule has 1 heterocycles. The lowest BCUT2D eigenvalue weighted by Gasteiger charge is -2.08. The zero-order valence-corrected chi connectivity index (χ0v) is 12.3. The van der Waals surface area contributed by atoms with Crippen molar-refractivity contribution < 1.29 is 9.53 Å². The zero-order valence-electron chi connectivity index (χ0n) is 11.4. The number of carbonyl (C=O) groups excluding carboxylic acids is 1. The summed E-state index contributed by atoms with van der Waals surface area (Å²) in [6.45, 7) is 2.18. The second kappa shape index (κ2) is 5.29. The smallest absolute Gasteiger partial charge is 0.339 e. The van der Waals surface area contributed by atoms with Crippen LogP contribution in [0.5, 0.6) is 0 Å². The maximum atomic E-state index is 12.0. The van der Waals surface area contributed by atoms with Crippen molar-refractivity contribution in [3.63, 3.8) is 0 Å². The number of benzene rings is 1. The highest BCUT2D eigenvalue weighted by atomic mass is 32.1. The van der Waals surface area contributed by atoms with Gasteiger partial charge in [-0.3, -0.25) is 0 Å². The van der Waals surface area contributed by atoms with Crippen LogP contribution in [0.15, 0.2) is 23.6 Å². The van der Waals surface area contributed by atoms with Gasteiger partial charge in [0.25, 0.3) is 0 Å². The summed E-state index contributed by atoms with van der Waals surface area (Å²) in [4.78, 5) is 12.0. The lowest BCUT2D eigenvalue weighted by atomic mass is 9.99. The molecule has 2 aromatic rings. The van der Waals surface area contributed by atoms with Crippen LogP contribution in [-0.2, 0) is 17.6 Å². The van der Waals surface area contributed by atoms with Crippen LogP contribution in [0.4, 0.5) is 5.00 Å². The predicted molar refractivity (Wildman–Crippen MR) is 82.1 cm³/mol. The lowest BCUT2D eigenvalue weighted by Crippen LogP contribution is -2.05. The lowest BCUT2D eigenvalue weighted by molar-refractivity contribution is 0.0528. The standard InChI is InChI=1S/C16H17NO2S/c1-2-19-16(18)13-9-20-15(17)14(13)12-7-6-10-4-3-5-11(10)8-12/h6-9H,2-5,17H2,1H3. The molecule has 1 aliphatic rings. The predicted octanol–water partition coefficient (Wildman–Crippen LogP) is 3.66. The third-order valence-electron chi connectivity index (χ3n) is 3.70. The number of nitrogens with two attached hydrogens (primary N) is 1. The number of nitrogen functional groups attached to an aromatic ring is 1. The molecule has 0 amide bonds. The summed E-state index contributed by atoms with van der Waals surface area (Å²) >= 11 is 1.39. The molecule has 20 heavy (non-hydrogen) atoms. The third kappa shape index (κ3) is 2.20. The van der Waals surface area contributed by atoms with Crippen molar-refractivity contribution in [3.05, 3.63) is 40.3 Å². The number of hydrogen-bond donors (Lipinski definition) is 1. The van der Waals surface area contributed by atoms with Gasteiger partial charge in [0, 0.05) is 10.9 Å². The van der Waals surface area contributed by atoms with Crippen LogP contribution in [0, 0.1) is 0 Å². The highest BCUT2D eigenvalue weighted by Gasteiger charge is 2.20. The molecule has 1 aliphatic carbocycles. The molecule has 1 aromatic heterocycles. The highest BCUT2D eigenvalue weighted by molar-refractivity contribution is 7.15. The SMILES string of the molecule is CCOC(=O)c1csc(N)c1-c1ccc2c(c1)CCC2. The Morgan fingerprint density at radius 1 is 1.35 bits per heavy atom. The van der Waals surface area contributed by atoms with Gasteiger partial charge in [0.05, 0.1) is 17.2 Å². The second-order valence-corrected chi connectivity index (χ2v) is 5.86. The van der Waals surface area contributed by atoms with Gasteiger partial charge < -0.3 is 10.5 Å². The van der Waals surface area contributed by atoms with Crippen molar-refractivity contribution in [2.75, 3.05) is 12.3 Å². The quantitative estimate of drug-likeness (QED) is 0.876. The molecule has 0 bridgehead atoms. The minimum atomic E-state index is -0.295. The van der Waals surface area contributed by atoms with E-state index < -0.39 is 0 Å². The second-order valence-electron chi connectivity index (χ2n) is 4.95. The first kappa shape index (κ1) is 13.2. The van der Waals surface area contributed by atoms with Crippen molar-refractivity contribution >= 4 is 22.3 Å². The molecule has 0 radical (unpaired) electrons. The molecule has 0 fully saturated rings. The van der Waals surface area contributed by atoms with E-state index in [9.17, 15) is 4.79 Å². The summed E-state index contributed by atoms with van der Waals surface area (Å²) in [5.41, 5.74) is 11.3. The Hall–Kier alpha value is -1.81. The van der Waals surface area contributed by atoms with Gasteiger partial charge in [-0.2, -0.15) is 0 Å². The topological polar surface area (TPSA) is 52.3 Å². The van der Waals surface area contributed by atoms with E-state index in [2.05, 4.69) is 18.2 Å². The summed E-state index contributed by atoms with van der Waals surface area (Å²) < 4.78 is 5.11. The number of thiophene rings is 1. The van der Waals surface area contributed by atoms with Gasteiger partial charge in [0.1, 0.15) is 0 Å². The number of hydrogen-bond acceptors (Lipinski definition) is 4. The Bertz CT molecular complexity index is 660. The minimum absolute atomic E-state index is 0.295. The Morgan fingerprint density at radius 3 is 2.95 bits per heavy atom. The normalized spacial score (nSPS) is 13.2. The van der Waals surface area contributed by atoms with Crippen LogP contribution >= 0.6 is 11.3 Å². The average molecular weight is 287 g/mol. The first-order valence-electron chi connectivity index (χ1n) is 6.87. The van der Waals surface area contributed by atoms with E-state index in [1.54, 1.807) is 5.38 Å². The van der Waals surface area contributed by atoms with Gasteiger partial charge in [-0.05, 0) is 42.9 Å². The summed E-state index contributed by atoms with van der Waals surface area (Å²) in [5, 5.41) is 2.46. The monoisotopic (exact) mass is 287 g/mol. The molecule has 3 rings (SSSR count). The molecule has 104 valence electrons. The van der Waals surface area contributed by atoms with E-state index in [1.165, 1.54) is 28.9 Å². The van der Waals surface area contributed by atoms with Gasteiger partial charge in [0.15, 0.2) is 0 Å². The minimum Gasteiger partial charge on any atom is -0.462 e. The van der Waals surface area contributed by atoms with Crippen LogP contribution in [0.2, 0.25) is 0 Å². The van der Waals surface area contributed by atoms with E-state index in [0.717, 1.165) is 24.0 Å². The van der Waals surface area contributed by atoms with Crippen LogP contribution in [0.3, 0.4) is 0 Å². The summed E-state index contributed by atoms with van der Waals surface area (Å²) in [7, 11) is 0. The fourth-order valence-corrected chi connectivity index (χ4v) is 3.56. The Morgan fingerprint density at radius 2 is 2.15 bits per heavy atom. The molecule has 0 saturated carbocycles. The van der Waals surface area contributed by atoms with Gasteiger partial charge in [-0.15, -0.1) is 11.3 Å². The number of fused-ring (bicyclic) bond motifs is 1. The van der Waals surface area contributed by atoms with Crippen molar-refractivity contribution in [2.45, 2.75) is 26.2 Å². The van der Waals surface area contributed by atoms with Crippen molar-refractivity contribution in [1.29, 1.82) is 0 Å². The fourth-order valence-electron chi connectivity index (χ4n) is 2.76. The maximum Gasteiger partial charge on any atom is 0.339 e. The number of esters is 1. The molecule has 0 spiro atoms. The molecule has 1 aromatic carbocycles. The number of aryl methyl sites for hydroxylation is 2. The number of anilines is 1. The zero-order chi connectivity index (χ0) is 14.1. The molecule has 3 nitrogen and oxygen atoms in total. The molecule has 0 atom stereocenters. The van der Waals surface area contributed by atoms with Crippen molar-refractivity contribution in [3.8, 4) is 11.1 Å². The Labute approximate surface area is 122 Å². The number of carbonyl (C=O) groups is 1. The first-order valence-corrected chi connectivity index (χ1v) is 7.75.